The Hall–Kier alpha value is -2.02. The first-order valence-corrected chi connectivity index (χ1v) is 5.48. The molecule has 3 rings (SSSR count). The maximum atomic E-state index is 3.44. The summed E-state index contributed by atoms with van der Waals surface area (Å²) in [5.41, 5.74) is 4.91. The maximum Gasteiger partial charge on any atom is 0.0464 e. The zero-order valence-electron chi connectivity index (χ0n) is 9.20. The lowest BCUT2D eigenvalue weighted by Gasteiger charge is -1.98. The van der Waals surface area contributed by atoms with E-state index in [9.17, 15) is 0 Å². The number of aromatic nitrogens is 1. The molecule has 0 amide bonds. The van der Waals surface area contributed by atoms with Gasteiger partial charge >= 0.3 is 0 Å². The van der Waals surface area contributed by atoms with Gasteiger partial charge in [0.15, 0.2) is 0 Å². The molecule has 0 aliphatic heterocycles. The number of nitrogens with one attached hydrogen (secondary N) is 1. The van der Waals surface area contributed by atoms with E-state index in [1.54, 1.807) is 0 Å². The van der Waals surface area contributed by atoms with Crippen molar-refractivity contribution in [1.82, 2.24) is 4.98 Å². The molecule has 1 heteroatoms. The topological polar surface area (TPSA) is 15.8 Å². The van der Waals surface area contributed by atoms with E-state index >= 15 is 0 Å². The minimum Gasteiger partial charge on any atom is -0.355 e. The van der Waals surface area contributed by atoms with Crippen molar-refractivity contribution in [2.75, 3.05) is 0 Å². The third-order valence-corrected chi connectivity index (χ3v) is 2.86. The Morgan fingerprint density at radius 1 is 0.875 bits per heavy atom. The molecule has 0 unspecified atom stereocenters. The minimum absolute atomic E-state index is 1.19. The Bertz CT molecular complexity index is 601. The second kappa shape index (κ2) is 3.53. The number of aryl methyl sites for hydroxylation is 1. The highest BCUT2D eigenvalue weighted by Crippen LogP contribution is 2.24. The quantitative estimate of drug-likeness (QED) is 0.617. The molecule has 0 bridgehead atoms. The second-order valence-corrected chi connectivity index (χ2v) is 4.14. The second-order valence-electron chi connectivity index (χ2n) is 4.14. The van der Waals surface area contributed by atoms with Gasteiger partial charge in [0, 0.05) is 16.6 Å². The zero-order chi connectivity index (χ0) is 11.0. The molecule has 0 radical (unpaired) electrons. The Balaban J connectivity index is 2.19. The number of aromatic amines is 1. The van der Waals surface area contributed by atoms with E-state index in [1.165, 1.54) is 27.7 Å². The SMILES string of the molecule is Cc1cccc(-c2cc3ccccc3[nH]2)c1. The van der Waals surface area contributed by atoms with Crippen LogP contribution in [0.2, 0.25) is 0 Å². The highest BCUT2D eigenvalue weighted by atomic mass is 14.7. The van der Waals surface area contributed by atoms with Gasteiger partial charge in [0.1, 0.15) is 0 Å². The van der Waals surface area contributed by atoms with Crippen LogP contribution >= 0.6 is 0 Å². The number of H-pyrrole nitrogens is 1. The molecule has 0 fully saturated rings. The Kier molecular flexibility index (Phi) is 2.03. The molecule has 0 atom stereocenters. The number of benzene rings is 2. The summed E-state index contributed by atoms with van der Waals surface area (Å²) in [7, 11) is 0. The van der Waals surface area contributed by atoms with E-state index in [0.717, 1.165) is 0 Å². The predicted molar refractivity (Wildman–Crippen MR) is 68.5 cm³/mol. The molecule has 1 heterocycles. The Morgan fingerprint density at radius 2 is 1.75 bits per heavy atom. The van der Waals surface area contributed by atoms with Gasteiger partial charge in [-0.2, -0.15) is 0 Å². The molecule has 1 N–H and O–H groups in total. The molecule has 16 heavy (non-hydrogen) atoms. The third-order valence-electron chi connectivity index (χ3n) is 2.86. The average Bonchev–Trinajstić information content (AvgIpc) is 2.72. The van der Waals surface area contributed by atoms with Gasteiger partial charge in [-0.15, -0.1) is 0 Å². The summed E-state index contributed by atoms with van der Waals surface area (Å²) < 4.78 is 0. The molecular weight excluding hydrogens is 194 g/mol. The van der Waals surface area contributed by atoms with Crippen molar-refractivity contribution in [1.29, 1.82) is 0 Å². The lowest BCUT2D eigenvalue weighted by Crippen LogP contribution is -1.78. The number of para-hydroxylation sites is 1. The third kappa shape index (κ3) is 1.50. The first-order valence-electron chi connectivity index (χ1n) is 5.48. The van der Waals surface area contributed by atoms with E-state index in [0.29, 0.717) is 0 Å². The smallest absolute Gasteiger partial charge is 0.0464 e. The highest BCUT2D eigenvalue weighted by molar-refractivity contribution is 5.85. The molecule has 78 valence electrons. The summed E-state index contributed by atoms with van der Waals surface area (Å²) in [5.74, 6) is 0. The van der Waals surface area contributed by atoms with Crippen LogP contribution in [-0.4, -0.2) is 4.98 Å². The van der Waals surface area contributed by atoms with Crippen LogP contribution in [0.3, 0.4) is 0 Å². The fraction of sp³-hybridized carbons (Fsp3) is 0.0667. The van der Waals surface area contributed by atoms with Crippen molar-refractivity contribution in [2.45, 2.75) is 6.92 Å². The Labute approximate surface area is 94.7 Å². The molecule has 3 aromatic rings. The van der Waals surface area contributed by atoms with E-state index in [4.69, 9.17) is 0 Å². The average molecular weight is 207 g/mol. The zero-order valence-corrected chi connectivity index (χ0v) is 9.20. The molecule has 0 spiro atoms. The van der Waals surface area contributed by atoms with Crippen molar-refractivity contribution in [3.8, 4) is 11.3 Å². The summed E-state index contributed by atoms with van der Waals surface area (Å²) in [4.78, 5) is 3.44. The van der Waals surface area contributed by atoms with Crippen LogP contribution in [0.4, 0.5) is 0 Å². The molecule has 0 saturated carbocycles. The van der Waals surface area contributed by atoms with Gasteiger partial charge in [-0.1, -0.05) is 42.0 Å². The van der Waals surface area contributed by atoms with Gasteiger partial charge in [-0.3, -0.25) is 0 Å². The molecule has 2 aromatic carbocycles. The molecule has 0 saturated heterocycles. The van der Waals surface area contributed by atoms with Gasteiger partial charge in [-0.25, -0.2) is 0 Å². The minimum atomic E-state index is 1.19. The van der Waals surface area contributed by atoms with E-state index in [2.05, 4.69) is 66.5 Å². The highest BCUT2D eigenvalue weighted by Gasteiger charge is 2.02. The monoisotopic (exact) mass is 207 g/mol. The fourth-order valence-corrected chi connectivity index (χ4v) is 2.04. The van der Waals surface area contributed by atoms with Crippen LogP contribution in [0.1, 0.15) is 5.56 Å². The van der Waals surface area contributed by atoms with Crippen LogP contribution in [0.25, 0.3) is 22.2 Å². The van der Waals surface area contributed by atoms with Gasteiger partial charge in [0.05, 0.1) is 0 Å². The van der Waals surface area contributed by atoms with Crippen molar-refractivity contribution in [3.63, 3.8) is 0 Å². The lowest BCUT2D eigenvalue weighted by atomic mass is 10.1. The van der Waals surface area contributed by atoms with E-state index < -0.39 is 0 Å². The standard InChI is InChI=1S/C15H13N/c1-11-5-4-7-12(9-11)15-10-13-6-2-3-8-14(13)16-15/h2-10,16H,1H3. The van der Waals surface area contributed by atoms with Gasteiger partial charge in [-0.05, 0) is 30.7 Å². The van der Waals surface area contributed by atoms with Crippen molar-refractivity contribution in [3.05, 3.63) is 60.2 Å². The van der Waals surface area contributed by atoms with Crippen LogP contribution in [-0.2, 0) is 0 Å². The van der Waals surface area contributed by atoms with Crippen LogP contribution < -0.4 is 0 Å². The van der Waals surface area contributed by atoms with Gasteiger partial charge in [0.25, 0.3) is 0 Å². The number of hydrogen-bond donors (Lipinski definition) is 1. The number of fused-ring (bicyclic) bond motifs is 1. The summed E-state index contributed by atoms with van der Waals surface area (Å²) in [6, 6.07) is 19.1. The van der Waals surface area contributed by atoms with E-state index in [1.807, 2.05) is 0 Å². The first kappa shape index (κ1) is 9.22. The normalized spacial score (nSPS) is 10.8. The summed E-state index contributed by atoms with van der Waals surface area (Å²) >= 11 is 0. The van der Waals surface area contributed by atoms with Crippen LogP contribution in [0.15, 0.2) is 54.6 Å². The fourth-order valence-electron chi connectivity index (χ4n) is 2.04. The lowest BCUT2D eigenvalue weighted by molar-refractivity contribution is 1.42. The largest absolute Gasteiger partial charge is 0.355 e. The molecular formula is C15H13N. The first-order chi connectivity index (χ1) is 7.83. The van der Waals surface area contributed by atoms with Gasteiger partial charge in [0.2, 0.25) is 0 Å². The summed E-state index contributed by atoms with van der Waals surface area (Å²) in [5, 5.41) is 1.26. The van der Waals surface area contributed by atoms with Gasteiger partial charge < -0.3 is 4.98 Å². The summed E-state index contributed by atoms with van der Waals surface area (Å²) in [6.45, 7) is 2.12. The number of hydrogen-bond acceptors (Lipinski definition) is 0. The molecule has 1 aromatic heterocycles. The van der Waals surface area contributed by atoms with E-state index in [-0.39, 0.29) is 0 Å². The Morgan fingerprint density at radius 3 is 2.56 bits per heavy atom. The number of rotatable bonds is 1. The predicted octanol–water partition coefficient (Wildman–Crippen LogP) is 4.14. The molecule has 0 aliphatic rings. The molecule has 1 nitrogen and oxygen atoms in total. The molecule has 0 aliphatic carbocycles. The van der Waals surface area contributed by atoms with Crippen molar-refractivity contribution in [2.24, 2.45) is 0 Å². The summed E-state index contributed by atoms with van der Waals surface area (Å²) in [6.07, 6.45) is 0. The van der Waals surface area contributed by atoms with Crippen molar-refractivity contribution >= 4 is 10.9 Å². The van der Waals surface area contributed by atoms with Crippen LogP contribution in [0.5, 0.6) is 0 Å². The van der Waals surface area contributed by atoms with Crippen molar-refractivity contribution < 1.29 is 0 Å². The van der Waals surface area contributed by atoms with Crippen LogP contribution in [0, 0.1) is 6.92 Å². The maximum absolute atomic E-state index is 3.44.